The maximum Gasteiger partial charge on any atom is 0.277 e. The molecule has 2 N–H and O–H groups in total. The highest BCUT2D eigenvalue weighted by Crippen LogP contribution is 2.20. The number of aryl methyl sites for hydroxylation is 1. The molecular formula is C18H20N4O4. The van der Waals surface area contributed by atoms with Gasteiger partial charge in [-0.15, -0.1) is 0 Å². The Bertz CT molecular complexity index is 826. The molecule has 0 radical (unpaired) electrons. The third-order valence-electron chi connectivity index (χ3n) is 3.88. The van der Waals surface area contributed by atoms with Crippen molar-refractivity contribution in [2.45, 2.75) is 20.1 Å². The molecule has 1 aliphatic heterocycles. The van der Waals surface area contributed by atoms with Crippen LogP contribution in [0.3, 0.4) is 0 Å². The summed E-state index contributed by atoms with van der Waals surface area (Å²) in [5.41, 5.74) is 1.83. The quantitative estimate of drug-likeness (QED) is 0.689. The summed E-state index contributed by atoms with van der Waals surface area (Å²) in [4.78, 5) is 24.8. The van der Waals surface area contributed by atoms with Crippen LogP contribution in [-0.4, -0.2) is 44.8 Å². The van der Waals surface area contributed by atoms with Gasteiger partial charge in [-0.25, -0.2) is 0 Å². The molecule has 8 nitrogen and oxygen atoms in total. The zero-order chi connectivity index (χ0) is 18.5. The molecule has 2 heterocycles. The van der Waals surface area contributed by atoms with Gasteiger partial charge in [0.2, 0.25) is 0 Å². The van der Waals surface area contributed by atoms with Crippen molar-refractivity contribution in [3.8, 4) is 5.75 Å². The van der Waals surface area contributed by atoms with Crippen LogP contribution < -0.4 is 10.1 Å². The van der Waals surface area contributed by atoms with Crippen molar-refractivity contribution in [3.63, 3.8) is 0 Å². The van der Waals surface area contributed by atoms with Crippen molar-refractivity contribution in [2.75, 3.05) is 18.5 Å². The van der Waals surface area contributed by atoms with E-state index in [0.717, 1.165) is 17.0 Å². The monoisotopic (exact) mass is 356 g/mol. The topological polar surface area (TPSA) is 96.7 Å². The number of aliphatic hydroxyl groups excluding tert-OH is 1. The smallest absolute Gasteiger partial charge is 0.277 e. The molecule has 1 aromatic carbocycles. The number of nitrogens with one attached hydrogen (secondary N) is 1. The number of rotatable bonds is 8. The number of carbonyl (C=O) groups excluding carboxylic acids is 2. The minimum Gasteiger partial charge on any atom is -0.489 e. The van der Waals surface area contributed by atoms with Crippen LogP contribution in [0.15, 0.2) is 48.4 Å². The second-order valence-corrected chi connectivity index (χ2v) is 5.72. The van der Waals surface area contributed by atoms with Gasteiger partial charge in [-0.2, -0.15) is 5.10 Å². The number of hydrogen-bond donors (Lipinski definition) is 2. The third-order valence-corrected chi connectivity index (χ3v) is 3.88. The number of nitrogens with zero attached hydrogens (tertiary/aromatic N) is 3. The molecule has 2 amide bonds. The first-order valence-electron chi connectivity index (χ1n) is 8.30. The Hall–Kier alpha value is -3.13. The van der Waals surface area contributed by atoms with Gasteiger partial charge in [-0.3, -0.25) is 19.2 Å². The molecule has 8 heteroatoms. The van der Waals surface area contributed by atoms with Crippen LogP contribution in [-0.2, 0) is 22.7 Å². The summed E-state index contributed by atoms with van der Waals surface area (Å²) < 4.78 is 7.54. The van der Waals surface area contributed by atoms with Crippen molar-refractivity contribution in [2.24, 2.45) is 0 Å². The Morgan fingerprint density at radius 3 is 2.65 bits per heavy atom. The van der Waals surface area contributed by atoms with Gasteiger partial charge in [0, 0.05) is 30.1 Å². The van der Waals surface area contributed by atoms with Crippen molar-refractivity contribution >= 4 is 17.5 Å². The van der Waals surface area contributed by atoms with E-state index in [0.29, 0.717) is 18.0 Å². The average molecular weight is 356 g/mol. The van der Waals surface area contributed by atoms with E-state index in [9.17, 15) is 9.59 Å². The number of benzene rings is 1. The fourth-order valence-electron chi connectivity index (χ4n) is 2.52. The van der Waals surface area contributed by atoms with E-state index in [2.05, 4.69) is 10.4 Å². The van der Waals surface area contributed by atoms with E-state index in [-0.39, 0.29) is 18.8 Å². The predicted molar refractivity (Wildman–Crippen MR) is 94.2 cm³/mol. The molecule has 26 heavy (non-hydrogen) atoms. The van der Waals surface area contributed by atoms with E-state index in [4.69, 9.17) is 9.84 Å². The molecule has 136 valence electrons. The number of amides is 2. The Balaban J connectivity index is 1.57. The van der Waals surface area contributed by atoms with Gasteiger partial charge in [-0.1, -0.05) is 0 Å². The molecule has 0 spiro atoms. The van der Waals surface area contributed by atoms with E-state index < -0.39 is 11.8 Å². The molecule has 0 atom stereocenters. The van der Waals surface area contributed by atoms with Gasteiger partial charge in [0.05, 0.1) is 19.3 Å². The van der Waals surface area contributed by atoms with E-state index in [1.807, 2.05) is 17.8 Å². The van der Waals surface area contributed by atoms with Crippen LogP contribution in [0.4, 0.5) is 5.69 Å². The molecule has 0 saturated heterocycles. The number of anilines is 1. The second kappa shape index (κ2) is 7.83. The van der Waals surface area contributed by atoms with Crippen LogP contribution in [0.2, 0.25) is 0 Å². The summed E-state index contributed by atoms with van der Waals surface area (Å²) in [6.45, 7) is 2.97. The van der Waals surface area contributed by atoms with Crippen LogP contribution in [0, 0.1) is 0 Å². The SMILES string of the molecule is CCn1cc(COc2ccc(NC3=CC(=O)N(CCO)C3=O)cc2)cn1. The number of hydrogen-bond acceptors (Lipinski definition) is 6. The minimum atomic E-state index is -0.447. The standard InChI is InChI=1S/C18H20N4O4/c1-2-21-11-13(10-19-21)12-26-15-5-3-14(4-6-15)20-16-9-17(24)22(7-8-23)18(16)25/h3-6,9-11,20,23H,2,7-8,12H2,1H3. The normalized spacial score (nSPS) is 13.9. The number of β-amino-alcohol motifs (C(OH)–C–C–N with tert-alkyl or cyclic N) is 1. The molecule has 0 bridgehead atoms. The molecule has 0 aliphatic carbocycles. The molecule has 0 fully saturated rings. The van der Waals surface area contributed by atoms with Crippen LogP contribution >= 0.6 is 0 Å². The van der Waals surface area contributed by atoms with Crippen molar-refractivity contribution in [3.05, 3.63) is 54.0 Å². The molecule has 3 rings (SSSR count). The van der Waals surface area contributed by atoms with E-state index >= 15 is 0 Å². The lowest BCUT2D eigenvalue weighted by Crippen LogP contribution is -2.34. The molecule has 0 unspecified atom stereocenters. The first kappa shape index (κ1) is 17.7. The zero-order valence-electron chi connectivity index (χ0n) is 14.4. The lowest BCUT2D eigenvalue weighted by molar-refractivity contribution is -0.137. The van der Waals surface area contributed by atoms with Gasteiger partial charge >= 0.3 is 0 Å². The number of carbonyl (C=O) groups is 2. The Morgan fingerprint density at radius 1 is 1.23 bits per heavy atom. The van der Waals surface area contributed by atoms with Crippen molar-refractivity contribution in [1.29, 1.82) is 0 Å². The third kappa shape index (κ3) is 3.92. The predicted octanol–water partition coefficient (Wildman–Crippen LogP) is 1.14. The summed E-state index contributed by atoms with van der Waals surface area (Å²) in [5.74, 6) is -0.194. The van der Waals surface area contributed by atoms with Gasteiger partial charge in [0.15, 0.2) is 0 Å². The highest BCUT2D eigenvalue weighted by atomic mass is 16.5. The fourth-order valence-corrected chi connectivity index (χ4v) is 2.52. The Morgan fingerprint density at radius 2 is 2.00 bits per heavy atom. The first-order chi connectivity index (χ1) is 12.6. The Kier molecular flexibility index (Phi) is 5.33. The maximum atomic E-state index is 12.1. The number of aromatic nitrogens is 2. The summed E-state index contributed by atoms with van der Waals surface area (Å²) in [5, 5.41) is 16.0. The summed E-state index contributed by atoms with van der Waals surface area (Å²) >= 11 is 0. The zero-order valence-corrected chi connectivity index (χ0v) is 14.4. The van der Waals surface area contributed by atoms with Crippen molar-refractivity contribution in [1.82, 2.24) is 14.7 Å². The maximum absolute atomic E-state index is 12.1. The first-order valence-corrected chi connectivity index (χ1v) is 8.30. The van der Waals surface area contributed by atoms with Crippen molar-refractivity contribution < 1.29 is 19.4 Å². The summed E-state index contributed by atoms with van der Waals surface area (Å²) in [6, 6.07) is 7.08. The van der Waals surface area contributed by atoms with E-state index in [1.54, 1.807) is 30.5 Å². The number of imide groups is 1. The highest BCUT2D eigenvalue weighted by Gasteiger charge is 2.30. The van der Waals surface area contributed by atoms with Gasteiger partial charge in [0.1, 0.15) is 18.1 Å². The minimum absolute atomic E-state index is 0.0132. The summed E-state index contributed by atoms with van der Waals surface area (Å²) in [6.07, 6.45) is 4.93. The van der Waals surface area contributed by atoms with E-state index in [1.165, 1.54) is 6.08 Å². The van der Waals surface area contributed by atoms with Gasteiger partial charge in [0.25, 0.3) is 11.8 Å². The van der Waals surface area contributed by atoms with Crippen LogP contribution in [0.5, 0.6) is 5.75 Å². The lowest BCUT2D eigenvalue weighted by Gasteiger charge is -2.13. The molecule has 1 aromatic heterocycles. The molecule has 2 aromatic rings. The molecular weight excluding hydrogens is 336 g/mol. The number of ether oxygens (including phenoxy) is 1. The van der Waals surface area contributed by atoms with Gasteiger partial charge < -0.3 is 15.2 Å². The highest BCUT2D eigenvalue weighted by molar-refractivity contribution is 6.17. The van der Waals surface area contributed by atoms with Gasteiger partial charge in [-0.05, 0) is 31.2 Å². The number of aliphatic hydroxyl groups is 1. The fraction of sp³-hybridized carbons (Fsp3) is 0.278. The molecule has 1 aliphatic rings. The second-order valence-electron chi connectivity index (χ2n) is 5.72. The average Bonchev–Trinajstić information content (AvgIpc) is 3.21. The van der Waals surface area contributed by atoms with Crippen LogP contribution in [0.1, 0.15) is 12.5 Å². The summed E-state index contributed by atoms with van der Waals surface area (Å²) in [7, 11) is 0. The van der Waals surface area contributed by atoms with Crippen LogP contribution in [0.25, 0.3) is 0 Å². The molecule has 0 saturated carbocycles. The Labute approximate surface area is 150 Å². The lowest BCUT2D eigenvalue weighted by atomic mass is 10.3. The largest absolute Gasteiger partial charge is 0.489 e.